The van der Waals surface area contributed by atoms with Crippen LogP contribution < -0.4 is 0 Å². The van der Waals surface area contributed by atoms with Crippen molar-refractivity contribution in [2.75, 3.05) is 19.7 Å². The summed E-state index contributed by atoms with van der Waals surface area (Å²) in [6.45, 7) is 7.04. The van der Waals surface area contributed by atoms with Gasteiger partial charge in [-0.25, -0.2) is 0 Å². The number of likely N-dealkylation sites (N-methyl/N-ethyl adjacent to an activating group) is 1. The lowest BCUT2D eigenvalue weighted by molar-refractivity contribution is -0.142. The van der Waals surface area contributed by atoms with E-state index in [9.17, 15) is 4.79 Å². The number of aliphatic carboxylic acids is 1. The number of nitrogens with zero attached hydrogens (tertiary/aromatic N) is 1. The number of hydrogen-bond acceptors (Lipinski definition) is 3. The fourth-order valence-corrected chi connectivity index (χ4v) is 1.47. The molecule has 2 unspecified atom stereocenters. The third kappa shape index (κ3) is 4.07. The van der Waals surface area contributed by atoms with Crippen molar-refractivity contribution < 1.29 is 15.0 Å². The van der Waals surface area contributed by atoms with Crippen molar-refractivity contribution in [1.82, 2.24) is 4.90 Å². The summed E-state index contributed by atoms with van der Waals surface area (Å²) in [7, 11) is 0. The van der Waals surface area contributed by atoms with E-state index in [2.05, 4.69) is 0 Å². The zero-order valence-corrected chi connectivity index (χ0v) is 9.23. The number of hydrogen-bond donors (Lipinski definition) is 2. The predicted octanol–water partition coefficient (Wildman–Crippen LogP) is 0.800. The molecule has 0 spiro atoms. The molecule has 0 aromatic rings. The smallest absolute Gasteiger partial charge is 0.307 e. The Labute approximate surface area is 85.5 Å². The zero-order chi connectivity index (χ0) is 11.1. The number of carbonyl (C=O) groups is 1. The maximum Gasteiger partial charge on any atom is 0.307 e. The van der Waals surface area contributed by atoms with Crippen LogP contribution in [0.4, 0.5) is 0 Å². The van der Waals surface area contributed by atoms with Crippen LogP contribution in [-0.4, -0.2) is 46.8 Å². The number of carboxylic acid groups (broad SMARTS) is 1. The van der Waals surface area contributed by atoms with Gasteiger partial charge < -0.3 is 10.2 Å². The fourth-order valence-electron chi connectivity index (χ4n) is 1.47. The lowest BCUT2D eigenvalue weighted by Crippen LogP contribution is -2.41. The number of aliphatic hydroxyl groups excluding tert-OH is 1. The Morgan fingerprint density at radius 1 is 1.43 bits per heavy atom. The molecule has 84 valence electrons. The van der Waals surface area contributed by atoms with E-state index in [-0.39, 0.29) is 18.6 Å². The molecule has 0 aliphatic rings. The molecular weight excluding hydrogens is 182 g/mol. The van der Waals surface area contributed by atoms with Crippen molar-refractivity contribution in [3.63, 3.8) is 0 Å². The highest BCUT2D eigenvalue weighted by Gasteiger charge is 2.20. The third-order valence-corrected chi connectivity index (χ3v) is 2.53. The average molecular weight is 203 g/mol. The molecule has 0 aliphatic carbocycles. The molecule has 4 nitrogen and oxygen atoms in total. The Morgan fingerprint density at radius 2 is 2.00 bits per heavy atom. The molecule has 14 heavy (non-hydrogen) atoms. The van der Waals surface area contributed by atoms with Gasteiger partial charge in [-0.1, -0.05) is 20.8 Å². The van der Waals surface area contributed by atoms with Crippen molar-refractivity contribution in [1.29, 1.82) is 0 Å². The Kier molecular flexibility index (Phi) is 6.49. The molecular formula is C10H21NO3. The minimum Gasteiger partial charge on any atom is -0.481 e. The Morgan fingerprint density at radius 3 is 2.29 bits per heavy atom. The number of carboxylic acids is 1. The summed E-state index contributed by atoms with van der Waals surface area (Å²) < 4.78 is 0. The van der Waals surface area contributed by atoms with Gasteiger partial charge in [0.15, 0.2) is 0 Å². The van der Waals surface area contributed by atoms with Crippen molar-refractivity contribution in [2.24, 2.45) is 5.92 Å². The van der Waals surface area contributed by atoms with E-state index in [1.165, 1.54) is 0 Å². The summed E-state index contributed by atoms with van der Waals surface area (Å²) in [4.78, 5) is 12.7. The lowest BCUT2D eigenvalue weighted by atomic mass is 10.1. The van der Waals surface area contributed by atoms with Crippen molar-refractivity contribution in [2.45, 2.75) is 33.2 Å². The molecule has 2 N–H and O–H groups in total. The van der Waals surface area contributed by atoms with Crippen molar-refractivity contribution in [3.8, 4) is 0 Å². The normalized spacial score (nSPS) is 15.5. The highest BCUT2D eigenvalue weighted by Crippen LogP contribution is 2.07. The van der Waals surface area contributed by atoms with Crippen LogP contribution in [0, 0.1) is 5.92 Å². The minimum atomic E-state index is -0.781. The van der Waals surface area contributed by atoms with E-state index in [0.717, 1.165) is 13.0 Å². The molecule has 0 saturated carbocycles. The van der Waals surface area contributed by atoms with E-state index >= 15 is 0 Å². The average Bonchev–Trinajstić information content (AvgIpc) is 2.17. The zero-order valence-electron chi connectivity index (χ0n) is 9.23. The van der Waals surface area contributed by atoms with E-state index < -0.39 is 5.97 Å². The quantitative estimate of drug-likeness (QED) is 0.642. The largest absolute Gasteiger partial charge is 0.481 e. The second kappa shape index (κ2) is 6.79. The second-order valence-corrected chi connectivity index (χ2v) is 3.57. The molecule has 0 rings (SSSR count). The molecule has 0 aliphatic heterocycles. The summed E-state index contributed by atoms with van der Waals surface area (Å²) in [6.07, 6.45) is 0.844. The fraction of sp³-hybridized carbons (Fsp3) is 0.900. The maximum atomic E-state index is 10.7. The van der Waals surface area contributed by atoms with Crippen LogP contribution in [0.15, 0.2) is 0 Å². The van der Waals surface area contributed by atoms with E-state index in [0.29, 0.717) is 6.54 Å². The summed E-state index contributed by atoms with van der Waals surface area (Å²) in [5.41, 5.74) is 0. The Hall–Kier alpha value is -0.610. The van der Waals surface area contributed by atoms with Gasteiger partial charge in [-0.05, 0) is 13.0 Å². The van der Waals surface area contributed by atoms with Crippen molar-refractivity contribution >= 4 is 5.97 Å². The first kappa shape index (κ1) is 13.4. The minimum absolute atomic E-state index is 0.0850. The van der Waals surface area contributed by atoms with Crippen LogP contribution in [0.25, 0.3) is 0 Å². The third-order valence-electron chi connectivity index (χ3n) is 2.53. The van der Waals surface area contributed by atoms with Gasteiger partial charge in [-0.3, -0.25) is 9.69 Å². The second-order valence-electron chi connectivity index (χ2n) is 3.57. The van der Waals surface area contributed by atoms with Crippen LogP contribution in [0.1, 0.15) is 27.2 Å². The van der Waals surface area contributed by atoms with Gasteiger partial charge >= 0.3 is 5.97 Å². The van der Waals surface area contributed by atoms with Gasteiger partial charge in [0.2, 0.25) is 0 Å². The molecule has 0 saturated heterocycles. The van der Waals surface area contributed by atoms with Crippen LogP contribution in [-0.2, 0) is 4.79 Å². The molecule has 4 heteroatoms. The van der Waals surface area contributed by atoms with Crippen LogP contribution >= 0.6 is 0 Å². The highest BCUT2D eigenvalue weighted by molar-refractivity contribution is 5.69. The lowest BCUT2D eigenvalue weighted by Gasteiger charge is -2.29. The molecule has 0 aromatic heterocycles. The van der Waals surface area contributed by atoms with Gasteiger partial charge in [0.25, 0.3) is 0 Å². The molecule has 2 atom stereocenters. The summed E-state index contributed by atoms with van der Waals surface area (Å²) in [5.74, 6) is -1.16. The van der Waals surface area contributed by atoms with Gasteiger partial charge in [0, 0.05) is 12.6 Å². The predicted molar refractivity (Wildman–Crippen MR) is 55.2 cm³/mol. The molecule has 0 heterocycles. The number of rotatable bonds is 7. The van der Waals surface area contributed by atoms with Crippen molar-refractivity contribution in [3.05, 3.63) is 0 Å². The SMILES string of the molecule is CCC(CO)N(CC)CC(C)C(=O)O. The first-order valence-electron chi connectivity index (χ1n) is 5.14. The van der Waals surface area contributed by atoms with E-state index in [4.69, 9.17) is 10.2 Å². The van der Waals surface area contributed by atoms with Gasteiger partial charge in [0.1, 0.15) is 0 Å². The Bertz CT molecular complexity index is 169. The monoisotopic (exact) mass is 203 g/mol. The molecule has 0 aromatic carbocycles. The summed E-state index contributed by atoms with van der Waals surface area (Å²) >= 11 is 0. The first-order chi connectivity index (χ1) is 6.56. The maximum absolute atomic E-state index is 10.7. The van der Waals surface area contributed by atoms with Crippen LogP contribution in [0.5, 0.6) is 0 Å². The summed E-state index contributed by atoms with van der Waals surface area (Å²) in [6, 6.07) is 0.0850. The highest BCUT2D eigenvalue weighted by atomic mass is 16.4. The van der Waals surface area contributed by atoms with E-state index in [1.807, 2.05) is 18.7 Å². The molecule has 0 fully saturated rings. The Balaban J connectivity index is 4.19. The standard InChI is InChI=1S/C10H21NO3/c1-4-9(7-12)11(5-2)6-8(3)10(13)14/h8-9,12H,4-7H2,1-3H3,(H,13,14). The number of aliphatic hydroxyl groups is 1. The molecule has 0 bridgehead atoms. The van der Waals surface area contributed by atoms with Crippen LogP contribution in [0.2, 0.25) is 0 Å². The van der Waals surface area contributed by atoms with Gasteiger partial charge in [0.05, 0.1) is 12.5 Å². The summed E-state index contributed by atoms with van der Waals surface area (Å²) in [5, 5.41) is 17.9. The van der Waals surface area contributed by atoms with Gasteiger partial charge in [-0.15, -0.1) is 0 Å². The first-order valence-corrected chi connectivity index (χ1v) is 5.14. The van der Waals surface area contributed by atoms with Gasteiger partial charge in [-0.2, -0.15) is 0 Å². The molecule has 0 radical (unpaired) electrons. The molecule has 0 amide bonds. The topological polar surface area (TPSA) is 60.8 Å². The van der Waals surface area contributed by atoms with E-state index in [1.54, 1.807) is 6.92 Å². The van der Waals surface area contributed by atoms with Crippen LogP contribution in [0.3, 0.4) is 0 Å².